The highest BCUT2D eigenvalue weighted by Gasteiger charge is 2.32. The first-order valence-corrected chi connectivity index (χ1v) is 9.11. The number of halogens is 1. The van der Waals surface area contributed by atoms with Gasteiger partial charge in [-0.1, -0.05) is 29.8 Å². The van der Waals surface area contributed by atoms with Crippen molar-refractivity contribution in [1.29, 1.82) is 0 Å². The molecule has 1 atom stereocenters. The summed E-state index contributed by atoms with van der Waals surface area (Å²) in [6, 6.07) is 13.7. The fraction of sp³-hybridized carbons (Fsp3) is 0.263. The van der Waals surface area contributed by atoms with E-state index in [1.165, 1.54) is 23.9 Å². The van der Waals surface area contributed by atoms with Gasteiger partial charge >= 0.3 is 0 Å². The second-order valence-corrected chi connectivity index (χ2v) is 7.03. The van der Waals surface area contributed by atoms with Crippen LogP contribution in [0.1, 0.15) is 22.9 Å². The molecule has 1 aliphatic rings. The lowest BCUT2D eigenvalue weighted by Gasteiger charge is -2.24. The van der Waals surface area contributed by atoms with E-state index in [9.17, 15) is 14.0 Å². The number of aryl methyl sites for hydroxylation is 1. The first-order chi connectivity index (χ1) is 12.0. The SMILES string of the molecule is Cc1ccc(NC(=O)CCN2C(=O)CSC2c2ccc(F)cc2)cc1. The van der Waals surface area contributed by atoms with Crippen LogP contribution in [0.15, 0.2) is 48.5 Å². The van der Waals surface area contributed by atoms with E-state index in [-0.39, 0.29) is 29.4 Å². The number of carbonyl (C=O) groups is 2. The summed E-state index contributed by atoms with van der Waals surface area (Å²) in [5.41, 5.74) is 2.74. The van der Waals surface area contributed by atoms with E-state index in [2.05, 4.69) is 5.32 Å². The maximum Gasteiger partial charge on any atom is 0.233 e. The number of rotatable bonds is 5. The number of benzene rings is 2. The van der Waals surface area contributed by atoms with Crippen molar-refractivity contribution in [3.63, 3.8) is 0 Å². The van der Waals surface area contributed by atoms with Crippen molar-refractivity contribution in [2.24, 2.45) is 0 Å². The Hall–Kier alpha value is -2.34. The van der Waals surface area contributed by atoms with Crippen molar-refractivity contribution in [1.82, 2.24) is 4.90 Å². The van der Waals surface area contributed by atoms with Gasteiger partial charge in [-0.15, -0.1) is 11.8 Å². The lowest BCUT2D eigenvalue weighted by molar-refractivity contribution is -0.128. The Balaban J connectivity index is 1.60. The molecule has 1 fully saturated rings. The minimum absolute atomic E-state index is 0.00228. The number of thioether (sulfide) groups is 1. The summed E-state index contributed by atoms with van der Waals surface area (Å²) in [6.07, 6.45) is 0.220. The summed E-state index contributed by atoms with van der Waals surface area (Å²) < 4.78 is 13.1. The molecule has 25 heavy (non-hydrogen) atoms. The second-order valence-electron chi connectivity index (χ2n) is 5.97. The van der Waals surface area contributed by atoms with Gasteiger partial charge in [-0.05, 0) is 36.8 Å². The zero-order valence-corrected chi connectivity index (χ0v) is 14.7. The number of amides is 2. The predicted octanol–water partition coefficient (Wildman–Crippen LogP) is 3.74. The highest BCUT2D eigenvalue weighted by Crippen LogP contribution is 2.38. The second kappa shape index (κ2) is 7.70. The van der Waals surface area contributed by atoms with E-state index >= 15 is 0 Å². The van der Waals surface area contributed by atoms with Gasteiger partial charge in [0.25, 0.3) is 0 Å². The summed E-state index contributed by atoms with van der Waals surface area (Å²) in [5.74, 6) is -0.0577. The number of nitrogens with zero attached hydrogens (tertiary/aromatic N) is 1. The number of hydrogen-bond donors (Lipinski definition) is 1. The Bertz CT molecular complexity index is 762. The van der Waals surface area contributed by atoms with Gasteiger partial charge in [0.15, 0.2) is 0 Å². The average molecular weight is 358 g/mol. The molecule has 2 aromatic carbocycles. The smallest absolute Gasteiger partial charge is 0.233 e. The molecular formula is C19H19FN2O2S. The Kier molecular flexibility index (Phi) is 5.38. The van der Waals surface area contributed by atoms with E-state index in [4.69, 9.17) is 0 Å². The van der Waals surface area contributed by atoms with Crippen LogP contribution < -0.4 is 5.32 Å². The van der Waals surface area contributed by atoms with Gasteiger partial charge in [-0.3, -0.25) is 9.59 Å². The number of anilines is 1. The third-order valence-electron chi connectivity index (χ3n) is 4.04. The van der Waals surface area contributed by atoms with Crippen LogP contribution in [0.3, 0.4) is 0 Å². The molecule has 4 nitrogen and oxygen atoms in total. The van der Waals surface area contributed by atoms with Crippen molar-refractivity contribution in [3.8, 4) is 0 Å². The molecule has 0 bridgehead atoms. The van der Waals surface area contributed by atoms with Gasteiger partial charge < -0.3 is 10.2 Å². The first-order valence-electron chi connectivity index (χ1n) is 8.06. The largest absolute Gasteiger partial charge is 0.326 e. The summed E-state index contributed by atoms with van der Waals surface area (Å²) in [5, 5.41) is 2.67. The van der Waals surface area contributed by atoms with Crippen molar-refractivity contribution in [2.75, 3.05) is 17.6 Å². The quantitative estimate of drug-likeness (QED) is 0.886. The zero-order valence-electron chi connectivity index (χ0n) is 13.9. The van der Waals surface area contributed by atoms with Crippen LogP contribution in [0.5, 0.6) is 0 Å². The highest BCUT2D eigenvalue weighted by molar-refractivity contribution is 8.00. The molecule has 1 heterocycles. The predicted molar refractivity (Wildman–Crippen MR) is 97.7 cm³/mol. The lowest BCUT2D eigenvalue weighted by atomic mass is 10.2. The third kappa shape index (κ3) is 4.39. The van der Waals surface area contributed by atoms with Gasteiger partial charge in [0.1, 0.15) is 11.2 Å². The third-order valence-corrected chi connectivity index (χ3v) is 5.29. The fourth-order valence-corrected chi connectivity index (χ4v) is 3.90. The Labute approximate surface area is 150 Å². The highest BCUT2D eigenvalue weighted by atomic mass is 32.2. The van der Waals surface area contributed by atoms with Crippen LogP contribution in [0, 0.1) is 12.7 Å². The van der Waals surface area contributed by atoms with E-state index in [0.717, 1.165) is 16.8 Å². The lowest BCUT2D eigenvalue weighted by Crippen LogP contribution is -2.31. The first kappa shape index (κ1) is 17.5. The van der Waals surface area contributed by atoms with Crippen LogP contribution >= 0.6 is 11.8 Å². The van der Waals surface area contributed by atoms with Gasteiger partial charge in [0.2, 0.25) is 11.8 Å². The Morgan fingerprint density at radius 2 is 1.88 bits per heavy atom. The van der Waals surface area contributed by atoms with E-state index < -0.39 is 0 Å². The molecule has 0 spiro atoms. The normalized spacial score (nSPS) is 17.0. The van der Waals surface area contributed by atoms with Crippen LogP contribution in [0.2, 0.25) is 0 Å². The van der Waals surface area contributed by atoms with Gasteiger partial charge in [-0.25, -0.2) is 4.39 Å². The number of carbonyl (C=O) groups excluding carboxylic acids is 2. The number of nitrogens with one attached hydrogen (secondary N) is 1. The molecule has 2 aromatic rings. The number of hydrogen-bond acceptors (Lipinski definition) is 3. The van der Waals surface area contributed by atoms with Crippen molar-refractivity contribution >= 4 is 29.3 Å². The van der Waals surface area contributed by atoms with Crippen molar-refractivity contribution in [3.05, 3.63) is 65.5 Å². The van der Waals surface area contributed by atoms with Crippen LogP contribution in [0.4, 0.5) is 10.1 Å². The van der Waals surface area contributed by atoms with Crippen LogP contribution in [-0.4, -0.2) is 29.0 Å². The van der Waals surface area contributed by atoms with E-state index in [1.54, 1.807) is 17.0 Å². The Morgan fingerprint density at radius 1 is 1.20 bits per heavy atom. The fourth-order valence-electron chi connectivity index (χ4n) is 2.68. The minimum Gasteiger partial charge on any atom is -0.326 e. The van der Waals surface area contributed by atoms with Gasteiger partial charge in [-0.2, -0.15) is 0 Å². The minimum atomic E-state index is -0.304. The molecule has 0 aromatic heterocycles. The summed E-state index contributed by atoms with van der Waals surface area (Å²) in [7, 11) is 0. The summed E-state index contributed by atoms with van der Waals surface area (Å²) >= 11 is 1.50. The maximum absolute atomic E-state index is 13.1. The molecule has 130 valence electrons. The van der Waals surface area contributed by atoms with E-state index in [1.807, 2.05) is 31.2 Å². The monoisotopic (exact) mass is 358 g/mol. The van der Waals surface area contributed by atoms with Gasteiger partial charge in [0.05, 0.1) is 5.75 Å². The summed E-state index contributed by atoms with van der Waals surface area (Å²) in [6.45, 7) is 2.32. The molecule has 0 saturated carbocycles. The summed E-state index contributed by atoms with van der Waals surface area (Å²) in [4.78, 5) is 26.0. The average Bonchev–Trinajstić information content (AvgIpc) is 2.96. The molecule has 6 heteroatoms. The molecule has 1 saturated heterocycles. The molecule has 1 unspecified atom stereocenters. The standard InChI is InChI=1S/C19H19FN2O2S/c1-13-2-8-16(9-3-13)21-17(23)10-11-22-18(24)12-25-19(22)14-4-6-15(20)7-5-14/h2-9,19H,10-12H2,1H3,(H,21,23). The molecule has 1 N–H and O–H groups in total. The molecule has 3 rings (SSSR count). The zero-order chi connectivity index (χ0) is 17.8. The van der Waals surface area contributed by atoms with E-state index in [0.29, 0.717) is 12.3 Å². The molecule has 0 aliphatic carbocycles. The van der Waals surface area contributed by atoms with Crippen LogP contribution in [-0.2, 0) is 9.59 Å². The molecule has 1 aliphatic heterocycles. The topological polar surface area (TPSA) is 49.4 Å². The van der Waals surface area contributed by atoms with Gasteiger partial charge in [0, 0.05) is 18.7 Å². The van der Waals surface area contributed by atoms with Crippen LogP contribution in [0.25, 0.3) is 0 Å². The molecular weight excluding hydrogens is 339 g/mol. The van der Waals surface area contributed by atoms with Crippen molar-refractivity contribution in [2.45, 2.75) is 18.7 Å². The molecule has 2 amide bonds. The Morgan fingerprint density at radius 3 is 2.56 bits per heavy atom. The molecule has 0 radical (unpaired) electrons. The van der Waals surface area contributed by atoms with Crippen molar-refractivity contribution < 1.29 is 14.0 Å². The maximum atomic E-state index is 13.1.